The van der Waals surface area contributed by atoms with Crippen molar-refractivity contribution in [1.29, 1.82) is 0 Å². The van der Waals surface area contributed by atoms with E-state index in [2.05, 4.69) is 43.3 Å². The average Bonchev–Trinajstić information content (AvgIpc) is 2.74. The van der Waals surface area contributed by atoms with Crippen molar-refractivity contribution in [2.75, 3.05) is 0 Å². The van der Waals surface area contributed by atoms with Crippen molar-refractivity contribution in [2.45, 2.75) is 19.9 Å². The molecule has 0 fully saturated rings. The molecule has 0 atom stereocenters. The highest BCUT2D eigenvalue weighted by molar-refractivity contribution is 5.79. The second kappa shape index (κ2) is 8.05. The van der Waals surface area contributed by atoms with Crippen molar-refractivity contribution in [2.24, 2.45) is 0 Å². The van der Waals surface area contributed by atoms with Gasteiger partial charge in [0.25, 0.3) is 5.56 Å². The van der Waals surface area contributed by atoms with Gasteiger partial charge in [-0.25, -0.2) is 4.98 Å². The highest BCUT2D eigenvalue weighted by atomic mass is 16.1. The smallest absolute Gasteiger partial charge is 0.261 e. The Morgan fingerprint density at radius 2 is 1.57 bits per heavy atom. The lowest BCUT2D eigenvalue weighted by molar-refractivity contribution is 0.655. The van der Waals surface area contributed by atoms with Crippen LogP contribution < -0.4 is 5.56 Å². The lowest BCUT2D eigenvalue weighted by atomic mass is 10.1. The molecule has 0 amide bonds. The van der Waals surface area contributed by atoms with Crippen molar-refractivity contribution in [3.05, 3.63) is 112 Å². The minimum absolute atomic E-state index is 0.00471. The number of aromatic nitrogens is 2. The van der Waals surface area contributed by atoms with Gasteiger partial charge in [0.2, 0.25) is 0 Å². The van der Waals surface area contributed by atoms with Crippen molar-refractivity contribution in [3.63, 3.8) is 0 Å². The van der Waals surface area contributed by atoms with Crippen LogP contribution in [0.4, 0.5) is 0 Å². The maximum atomic E-state index is 13.1. The number of aryl methyl sites for hydroxylation is 2. The Hall–Kier alpha value is -3.46. The molecule has 4 aromatic rings. The third-order valence-electron chi connectivity index (χ3n) is 4.86. The third kappa shape index (κ3) is 3.94. The zero-order chi connectivity index (χ0) is 19.3. The van der Waals surface area contributed by atoms with E-state index >= 15 is 0 Å². The topological polar surface area (TPSA) is 34.9 Å². The first-order valence-corrected chi connectivity index (χ1v) is 9.49. The Kier molecular flexibility index (Phi) is 5.16. The monoisotopic (exact) mass is 366 g/mol. The summed E-state index contributed by atoms with van der Waals surface area (Å²) in [6.07, 6.45) is 4.73. The molecule has 138 valence electrons. The van der Waals surface area contributed by atoms with Crippen LogP contribution in [0.5, 0.6) is 0 Å². The Bertz CT molecular complexity index is 1170. The molecule has 0 saturated carbocycles. The predicted molar refractivity (Wildman–Crippen MR) is 116 cm³/mol. The number of hydrogen-bond acceptors (Lipinski definition) is 2. The number of fused-ring (bicyclic) bond motifs is 1. The van der Waals surface area contributed by atoms with Gasteiger partial charge in [-0.15, -0.1) is 0 Å². The summed E-state index contributed by atoms with van der Waals surface area (Å²) in [6.45, 7) is 2.66. The van der Waals surface area contributed by atoms with Gasteiger partial charge in [0.15, 0.2) is 0 Å². The van der Waals surface area contributed by atoms with E-state index in [9.17, 15) is 4.79 Å². The Balaban J connectivity index is 1.74. The van der Waals surface area contributed by atoms with Gasteiger partial charge in [0.05, 0.1) is 10.9 Å². The predicted octanol–water partition coefficient (Wildman–Crippen LogP) is 5.12. The molecule has 28 heavy (non-hydrogen) atoms. The Morgan fingerprint density at radius 3 is 2.36 bits per heavy atom. The average molecular weight is 366 g/mol. The number of benzene rings is 3. The van der Waals surface area contributed by atoms with E-state index in [-0.39, 0.29) is 5.56 Å². The molecule has 4 rings (SSSR count). The van der Waals surface area contributed by atoms with Crippen LogP contribution in [-0.2, 0) is 13.0 Å². The van der Waals surface area contributed by atoms with Gasteiger partial charge < -0.3 is 0 Å². The summed E-state index contributed by atoms with van der Waals surface area (Å²) in [5.74, 6) is 0.681. The fourth-order valence-electron chi connectivity index (χ4n) is 3.26. The molecular formula is C25H22N2O. The summed E-state index contributed by atoms with van der Waals surface area (Å²) in [5.41, 5.74) is 4.25. The zero-order valence-electron chi connectivity index (χ0n) is 15.9. The fourth-order valence-corrected chi connectivity index (χ4v) is 3.26. The number of para-hydroxylation sites is 1. The second-order valence-corrected chi connectivity index (χ2v) is 6.92. The quantitative estimate of drug-likeness (QED) is 0.491. The van der Waals surface area contributed by atoms with Gasteiger partial charge in [0.1, 0.15) is 5.82 Å². The summed E-state index contributed by atoms with van der Waals surface area (Å²) in [5, 5.41) is 0.656. The first kappa shape index (κ1) is 17.9. The van der Waals surface area contributed by atoms with Crippen molar-refractivity contribution >= 4 is 23.1 Å². The highest BCUT2D eigenvalue weighted by Crippen LogP contribution is 2.13. The van der Waals surface area contributed by atoms with Crippen LogP contribution in [0.15, 0.2) is 83.7 Å². The number of hydrogen-bond donors (Lipinski definition) is 0. The van der Waals surface area contributed by atoms with E-state index in [0.29, 0.717) is 17.8 Å². The summed E-state index contributed by atoms with van der Waals surface area (Å²) in [6, 6.07) is 26.0. The molecule has 0 unspecified atom stereocenters. The summed E-state index contributed by atoms with van der Waals surface area (Å²) < 4.78 is 1.78. The third-order valence-corrected chi connectivity index (χ3v) is 4.86. The van der Waals surface area contributed by atoms with Gasteiger partial charge in [-0.1, -0.05) is 78.4 Å². The van der Waals surface area contributed by atoms with Crippen LogP contribution in [0.25, 0.3) is 23.1 Å². The molecule has 0 bridgehead atoms. The van der Waals surface area contributed by atoms with Crippen LogP contribution in [0.1, 0.15) is 22.5 Å². The molecular weight excluding hydrogens is 344 g/mol. The molecule has 0 saturated heterocycles. The SMILES string of the molecule is Cc1ccc(/C=C/c2nc3ccccc3c(=O)n2CCc2ccccc2)cc1. The van der Waals surface area contributed by atoms with Crippen LogP contribution in [0.2, 0.25) is 0 Å². The first-order valence-electron chi connectivity index (χ1n) is 9.49. The molecule has 0 aliphatic rings. The molecule has 0 N–H and O–H groups in total. The van der Waals surface area contributed by atoms with E-state index < -0.39 is 0 Å². The lowest BCUT2D eigenvalue weighted by Gasteiger charge is -2.11. The van der Waals surface area contributed by atoms with Crippen molar-refractivity contribution < 1.29 is 0 Å². The van der Waals surface area contributed by atoms with Crippen LogP contribution in [0, 0.1) is 6.92 Å². The number of rotatable bonds is 5. The highest BCUT2D eigenvalue weighted by Gasteiger charge is 2.09. The fraction of sp³-hybridized carbons (Fsp3) is 0.120. The molecule has 0 aliphatic carbocycles. The lowest BCUT2D eigenvalue weighted by Crippen LogP contribution is -2.24. The zero-order valence-corrected chi connectivity index (χ0v) is 15.9. The molecule has 1 heterocycles. The van der Waals surface area contributed by atoms with Gasteiger partial charge in [0, 0.05) is 6.54 Å². The van der Waals surface area contributed by atoms with Crippen LogP contribution in [0.3, 0.4) is 0 Å². The van der Waals surface area contributed by atoms with E-state index in [0.717, 1.165) is 17.5 Å². The number of nitrogens with zero attached hydrogens (tertiary/aromatic N) is 2. The summed E-state index contributed by atoms with van der Waals surface area (Å²) in [4.78, 5) is 17.9. The van der Waals surface area contributed by atoms with E-state index in [4.69, 9.17) is 4.98 Å². The van der Waals surface area contributed by atoms with Crippen molar-refractivity contribution in [3.8, 4) is 0 Å². The van der Waals surface area contributed by atoms with E-state index in [1.54, 1.807) is 4.57 Å². The Labute approximate surface area is 164 Å². The molecule has 0 radical (unpaired) electrons. The molecule has 1 aromatic heterocycles. The molecule has 0 aliphatic heterocycles. The normalized spacial score (nSPS) is 11.3. The molecule has 0 spiro atoms. The summed E-state index contributed by atoms with van der Waals surface area (Å²) in [7, 11) is 0. The molecule has 3 nitrogen and oxygen atoms in total. The maximum Gasteiger partial charge on any atom is 0.261 e. The standard InChI is InChI=1S/C25H22N2O/c1-19-11-13-21(14-12-19)15-16-24-26-23-10-6-5-9-22(23)25(28)27(24)18-17-20-7-3-2-4-8-20/h2-16H,17-18H2,1H3/b16-15+. The van der Waals surface area contributed by atoms with Gasteiger partial charge in [-0.2, -0.15) is 0 Å². The van der Waals surface area contributed by atoms with Gasteiger partial charge in [-0.3, -0.25) is 9.36 Å². The largest absolute Gasteiger partial charge is 0.292 e. The van der Waals surface area contributed by atoms with E-state index in [1.165, 1.54) is 11.1 Å². The minimum Gasteiger partial charge on any atom is -0.292 e. The minimum atomic E-state index is 0.00471. The van der Waals surface area contributed by atoms with Gasteiger partial charge in [-0.05, 0) is 42.7 Å². The van der Waals surface area contributed by atoms with Gasteiger partial charge >= 0.3 is 0 Å². The van der Waals surface area contributed by atoms with Crippen LogP contribution in [-0.4, -0.2) is 9.55 Å². The maximum absolute atomic E-state index is 13.1. The molecule has 3 heteroatoms. The molecule has 3 aromatic carbocycles. The van der Waals surface area contributed by atoms with Crippen molar-refractivity contribution in [1.82, 2.24) is 9.55 Å². The summed E-state index contributed by atoms with van der Waals surface area (Å²) >= 11 is 0. The second-order valence-electron chi connectivity index (χ2n) is 6.92. The van der Waals surface area contributed by atoms with Crippen LogP contribution >= 0.6 is 0 Å². The van der Waals surface area contributed by atoms with E-state index in [1.807, 2.05) is 54.6 Å². The first-order chi connectivity index (χ1) is 13.7. The Morgan fingerprint density at radius 1 is 0.857 bits per heavy atom.